The average Bonchev–Trinajstić information content (AvgIpc) is 3.24. The van der Waals surface area contributed by atoms with Crippen molar-refractivity contribution in [1.82, 2.24) is 0 Å². The molecule has 134 valence electrons. The SMILES string of the molecule is Cc1ccc2c(c1)oc1cc(Nc3ccc4c(c3)oc3ccccc34)ccc12. The van der Waals surface area contributed by atoms with Gasteiger partial charge in [-0.25, -0.2) is 0 Å². The summed E-state index contributed by atoms with van der Waals surface area (Å²) in [4.78, 5) is 0. The molecule has 0 spiro atoms. The first-order chi connectivity index (χ1) is 13.7. The van der Waals surface area contributed by atoms with Gasteiger partial charge in [0.25, 0.3) is 0 Å². The van der Waals surface area contributed by atoms with Crippen LogP contribution in [0.3, 0.4) is 0 Å². The highest BCUT2D eigenvalue weighted by Crippen LogP contribution is 2.34. The Balaban J connectivity index is 1.41. The lowest BCUT2D eigenvalue weighted by molar-refractivity contribution is 0.668. The fourth-order valence-corrected chi connectivity index (χ4v) is 3.93. The third kappa shape index (κ3) is 2.30. The van der Waals surface area contributed by atoms with Gasteiger partial charge in [-0.2, -0.15) is 0 Å². The van der Waals surface area contributed by atoms with E-state index >= 15 is 0 Å². The second kappa shape index (κ2) is 5.64. The van der Waals surface area contributed by atoms with Crippen molar-refractivity contribution in [2.45, 2.75) is 6.92 Å². The lowest BCUT2D eigenvalue weighted by Gasteiger charge is -2.06. The van der Waals surface area contributed by atoms with E-state index in [1.807, 2.05) is 30.3 Å². The van der Waals surface area contributed by atoms with Crippen LogP contribution in [-0.2, 0) is 0 Å². The number of hydrogen-bond donors (Lipinski definition) is 1. The first-order valence-corrected chi connectivity index (χ1v) is 9.36. The molecule has 28 heavy (non-hydrogen) atoms. The van der Waals surface area contributed by atoms with Crippen molar-refractivity contribution in [1.29, 1.82) is 0 Å². The van der Waals surface area contributed by atoms with Crippen LogP contribution in [0.2, 0.25) is 0 Å². The van der Waals surface area contributed by atoms with Crippen LogP contribution in [0.5, 0.6) is 0 Å². The minimum absolute atomic E-state index is 0.881. The Kier molecular flexibility index (Phi) is 3.09. The number of rotatable bonds is 2. The van der Waals surface area contributed by atoms with Crippen molar-refractivity contribution in [3.63, 3.8) is 0 Å². The predicted octanol–water partition coefficient (Wildman–Crippen LogP) is 7.54. The summed E-state index contributed by atoms with van der Waals surface area (Å²) in [6, 6.07) is 26.9. The zero-order valence-corrected chi connectivity index (χ0v) is 15.3. The molecule has 0 saturated carbocycles. The van der Waals surface area contributed by atoms with Gasteiger partial charge in [-0.05, 0) is 48.9 Å². The molecule has 0 radical (unpaired) electrons. The molecule has 0 aliphatic heterocycles. The lowest BCUT2D eigenvalue weighted by atomic mass is 10.1. The molecule has 0 amide bonds. The summed E-state index contributed by atoms with van der Waals surface area (Å²) in [7, 11) is 0. The molecule has 6 rings (SSSR count). The van der Waals surface area contributed by atoms with Crippen molar-refractivity contribution in [3.05, 3.63) is 84.4 Å². The number of benzene rings is 4. The van der Waals surface area contributed by atoms with Gasteiger partial charge < -0.3 is 14.2 Å². The lowest BCUT2D eigenvalue weighted by Crippen LogP contribution is -1.89. The molecule has 6 aromatic rings. The molecule has 2 heterocycles. The Hall–Kier alpha value is -3.72. The second-order valence-electron chi connectivity index (χ2n) is 7.25. The number of aryl methyl sites for hydroxylation is 1. The largest absolute Gasteiger partial charge is 0.456 e. The van der Waals surface area contributed by atoms with Gasteiger partial charge in [0, 0.05) is 45.1 Å². The summed E-state index contributed by atoms with van der Waals surface area (Å²) in [5.41, 5.74) is 6.77. The Labute approximate surface area is 161 Å². The highest BCUT2D eigenvalue weighted by atomic mass is 16.3. The second-order valence-corrected chi connectivity index (χ2v) is 7.25. The van der Waals surface area contributed by atoms with E-state index in [1.54, 1.807) is 0 Å². The molecule has 0 unspecified atom stereocenters. The number of hydrogen-bond acceptors (Lipinski definition) is 3. The summed E-state index contributed by atoms with van der Waals surface area (Å²) < 4.78 is 12.1. The molecule has 0 bridgehead atoms. The maximum Gasteiger partial charge on any atom is 0.137 e. The van der Waals surface area contributed by atoms with Gasteiger partial charge in [-0.3, -0.25) is 0 Å². The third-order valence-corrected chi connectivity index (χ3v) is 5.30. The van der Waals surface area contributed by atoms with Gasteiger partial charge in [0.15, 0.2) is 0 Å². The number of fused-ring (bicyclic) bond motifs is 6. The van der Waals surface area contributed by atoms with E-state index in [4.69, 9.17) is 8.83 Å². The standard InChI is InChI=1S/C25H17NO2/c1-15-6-9-19-21-11-8-17(14-25(21)28-23(19)12-15)26-16-7-10-20-18-4-2-3-5-22(18)27-24(20)13-16/h2-14,26H,1H3. The maximum atomic E-state index is 6.06. The van der Waals surface area contributed by atoms with Gasteiger partial charge in [-0.15, -0.1) is 0 Å². The molecule has 0 atom stereocenters. The predicted molar refractivity (Wildman–Crippen MR) is 115 cm³/mol. The number of anilines is 2. The van der Waals surface area contributed by atoms with Crippen LogP contribution in [0.25, 0.3) is 43.9 Å². The van der Waals surface area contributed by atoms with Gasteiger partial charge in [0.1, 0.15) is 22.3 Å². The van der Waals surface area contributed by atoms with Crippen molar-refractivity contribution in [2.24, 2.45) is 0 Å². The highest BCUT2D eigenvalue weighted by Gasteiger charge is 2.09. The average molecular weight is 363 g/mol. The van der Waals surface area contributed by atoms with Crippen LogP contribution in [0, 0.1) is 6.92 Å². The molecule has 3 nitrogen and oxygen atoms in total. The minimum Gasteiger partial charge on any atom is -0.456 e. The van der Waals surface area contributed by atoms with Crippen LogP contribution in [0.15, 0.2) is 87.7 Å². The summed E-state index contributed by atoms with van der Waals surface area (Å²) in [5, 5.41) is 8.02. The van der Waals surface area contributed by atoms with Crippen LogP contribution in [0.1, 0.15) is 5.56 Å². The normalized spacial score (nSPS) is 11.8. The maximum absolute atomic E-state index is 6.06. The molecule has 0 aliphatic carbocycles. The van der Waals surface area contributed by atoms with E-state index in [0.29, 0.717) is 0 Å². The van der Waals surface area contributed by atoms with Gasteiger partial charge in [0.2, 0.25) is 0 Å². The van der Waals surface area contributed by atoms with Crippen molar-refractivity contribution < 1.29 is 8.83 Å². The number of furan rings is 2. The third-order valence-electron chi connectivity index (χ3n) is 5.30. The number of para-hydroxylation sites is 1. The Morgan fingerprint density at radius 1 is 0.536 bits per heavy atom. The Bertz CT molecular complexity index is 1500. The minimum atomic E-state index is 0.881. The molecule has 0 fully saturated rings. The topological polar surface area (TPSA) is 38.3 Å². The van der Waals surface area contributed by atoms with E-state index in [1.165, 1.54) is 5.56 Å². The van der Waals surface area contributed by atoms with Gasteiger partial charge in [0.05, 0.1) is 0 Å². The molecule has 0 saturated heterocycles. The fraction of sp³-hybridized carbons (Fsp3) is 0.0400. The first kappa shape index (κ1) is 15.3. The summed E-state index contributed by atoms with van der Waals surface area (Å²) in [5.74, 6) is 0. The quantitative estimate of drug-likeness (QED) is 0.345. The molecule has 2 aromatic heterocycles. The molecule has 0 aliphatic rings. The van der Waals surface area contributed by atoms with Crippen LogP contribution in [-0.4, -0.2) is 0 Å². The molecular formula is C25H17NO2. The first-order valence-electron chi connectivity index (χ1n) is 9.36. The number of nitrogens with one attached hydrogen (secondary N) is 1. The Morgan fingerprint density at radius 3 is 1.79 bits per heavy atom. The zero-order chi connectivity index (χ0) is 18.7. The van der Waals surface area contributed by atoms with E-state index in [2.05, 4.69) is 60.8 Å². The summed E-state index contributed by atoms with van der Waals surface area (Å²) in [6.07, 6.45) is 0. The fourth-order valence-electron chi connectivity index (χ4n) is 3.93. The van der Waals surface area contributed by atoms with Crippen molar-refractivity contribution in [2.75, 3.05) is 5.32 Å². The molecular weight excluding hydrogens is 346 g/mol. The van der Waals surface area contributed by atoms with Gasteiger partial charge in [-0.1, -0.05) is 30.3 Å². The molecule has 3 heteroatoms. The van der Waals surface area contributed by atoms with E-state index < -0.39 is 0 Å². The summed E-state index contributed by atoms with van der Waals surface area (Å²) in [6.45, 7) is 2.08. The van der Waals surface area contributed by atoms with Crippen LogP contribution >= 0.6 is 0 Å². The monoisotopic (exact) mass is 363 g/mol. The Morgan fingerprint density at radius 2 is 1.07 bits per heavy atom. The summed E-state index contributed by atoms with van der Waals surface area (Å²) >= 11 is 0. The van der Waals surface area contributed by atoms with E-state index in [0.717, 1.165) is 55.3 Å². The van der Waals surface area contributed by atoms with Crippen LogP contribution < -0.4 is 5.32 Å². The molecule has 1 N–H and O–H groups in total. The van der Waals surface area contributed by atoms with Gasteiger partial charge >= 0.3 is 0 Å². The smallest absolute Gasteiger partial charge is 0.137 e. The van der Waals surface area contributed by atoms with Crippen molar-refractivity contribution in [3.8, 4) is 0 Å². The van der Waals surface area contributed by atoms with E-state index in [-0.39, 0.29) is 0 Å². The van der Waals surface area contributed by atoms with E-state index in [9.17, 15) is 0 Å². The zero-order valence-electron chi connectivity index (χ0n) is 15.3. The van der Waals surface area contributed by atoms with Crippen molar-refractivity contribution >= 4 is 55.3 Å². The van der Waals surface area contributed by atoms with Crippen LogP contribution in [0.4, 0.5) is 11.4 Å². The molecule has 4 aromatic carbocycles. The highest BCUT2D eigenvalue weighted by molar-refractivity contribution is 6.07.